The second-order valence-electron chi connectivity index (χ2n) is 4.69. The van der Waals surface area contributed by atoms with Crippen LogP contribution in [0.25, 0.3) is 0 Å². The molecule has 0 spiro atoms. The number of rotatable bonds is 12. The van der Waals surface area contributed by atoms with Gasteiger partial charge in [0.25, 0.3) is 6.47 Å². The summed E-state index contributed by atoms with van der Waals surface area (Å²) in [5, 5.41) is 0. The van der Waals surface area contributed by atoms with E-state index >= 15 is 0 Å². The van der Waals surface area contributed by atoms with Crippen LogP contribution in [0.15, 0.2) is 24.3 Å². The van der Waals surface area contributed by atoms with Crippen molar-refractivity contribution in [2.24, 2.45) is 0 Å². The van der Waals surface area contributed by atoms with Gasteiger partial charge in [-0.15, -0.1) is 0 Å². The van der Waals surface area contributed by atoms with Gasteiger partial charge < -0.3 is 18.0 Å². The molecule has 1 aromatic carbocycles. The summed E-state index contributed by atoms with van der Waals surface area (Å²) >= 11 is 0. The van der Waals surface area contributed by atoms with Crippen molar-refractivity contribution in [3.63, 3.8) is 0 Å². The minimum absolute atomic E-state index is 0.432. The lowest BCUT2D eigenvalue weighted by Gasteiger charge is -2.28. The molecule has 0 aliphatic rings. The van der Waals surface area contributed by atoms with Crippen molar-refractivity contribution in [2.45, 2.75) is 39.7 Å². The Morgan fingerprint density at radius 3 is 1.95 bits per heavy atom. The van der Waals surface area contributed by atoms with Gasteiger partial charge in [0.15, 0.2) is 0 Å². The summed E-state index contributed by atoms with van der Waals surface area (Å²) in [5.41, 5.74) is 1.19. The molecule has 0 aliphatic heterocycles. The Balaban J connectivity index is 2.55. The van der Waals surface area contributed by atoms with Crippen LogP contribution in [-0.4, -0.2) is 35.1 Å². The van der Waals surface area contributed by atoms with E-state index in [1.54, 1.807) is 12.1 Å². The predicted octanol–water partition coefficient (Wildman–Crippen LogP) is 3.20. The molecule has 0 radical (unpaired) electrons. The molecular formula is C16H26O5Si. The van der Waals surface area contributed by atoms with Crippen molar-refractivity contribution < 1.29 is 22.8 Å². The van der Waals surface area contributed by atoms with Gasteiger partial charge in [-0.1, -0.05) is 12.1 Å². The maximum atomic E-state index is 10.3. The molecule has 0 heterocycles. The van der Waals surface area contributed by atoms with Crippen LogP contribution in [0.2, 0.25) is 6.04 Å². The van der Waals surface area contributed by atoms with Gasteiger partial charge in [-0.25, -0.2) is 0 Å². The van der Waals surface area contributed by atoms with E-state index in [4.69, 9.17) is 18.0 Å². The third-order valence-electron chi connectivity index (χ3n) is 3.15. The first-order valence-electron chi connectivity index (χ1n) is 7.80. The lowest BCUT2D eigenvalue weighted by atomic mass is 10.1. The van der Waals surface area contributed by atoms with Gasteiger partial charge in [0, 0.05) is 25.9 Å². The van der Waals surface area contributed by atoms with Gasteiger partial charge in [0.2, 0.25) is 0 Å². The van der Waals surface area contributed by atoms with E-state index < -0.39 is 8.80 Å². The largest absolute Gasteiger partial charge is 0.500 e. The molecule has 0 amide bonds. The van der Waals surface area contributed by atoms with Crippen LogP contribution < -0.4 is 4.74 Å². The van der Waals surface area contributed by atoms with Crippen LogP contribution in [-0.2, 0) is 24.5 Å². The molecule has 0 aromatic heterocycles. The Labute approximate surface area is 133 Å². The zero-order valence-corrected chi connectivity index (χ0v) is 14.7. The summed E-state index contributed by atoms with van der Waals surface area (Å²) in [6.07, 6.45) is 1.84. The standard InChI is InChI=1S/C16H26O5Si/c1-4-19-22(20-5-2,21-6-3)13-7-8-15-9-11-16(12-10-15)18-14-17/h9-12,14H,4-8,13H2,1-3H3. The average molecular weight is 326 g/mol. The molecule has 1 rings (SSSR count). The Bertz CT molecular complexity index is 404. The van der Waals surface area contributed by atoms with Crippen molar-refractivity contribution in [1.82, 2.24) is 0 Å². The molecule has 0 unspecified atom stereocenters. The number of hydrogen-bond acceptors (Lipinski definition) is 5. The summed E-state index contributed by atoms with van der Waals surface area (Å²) in [5.74, 6) is 0.556. The van der Waals surface area contributed by atoms with Gasteiger partial charge in [-0.05, 0) is 51.3 Å². The highest BCUT2D eigenvalue weighted by Gasteiger charge is 2.39. The highest BCUT2D eigenvalue weighted by molar-refractivity contribution is 6.60. The summed E-state index contributed by atoms with van der Waals surface area (Å²) in [4.78, 5) is 10.3. The lowest BCUT2D eigenvalue weighted by molar-refractivity contribution is -0.120. The number of benzene rings is 1. The first kappa shape index (κ1) is 18.8. The van der Waals surface area contributed by atoms with Crippen molar-refractivity contribution in [3.05, 3.63) is 29.8 Å². The van der Waals surface area contributed by atoms with Crippen molar-refractivity contribution in [3.8, 4) is 5.75 Å². The fourth-order valence-corrected chi connectivity index (χ4v) is 4.91. The minimum atomic E-state index is -2.54. The molecule has 0 atom stereocenters. The van der Waals surface area contributed by atoms with Gasteiger partial charge in [-0.2, -0.15) is 0 Å². The topological polar surface area (TPSA) is 54.0 Å². The normalized spacial score (nSPS) is 11.4. The molecule has 1 aromatic rings. The first-order chi connectivity index (χ1) is 10.7. The van der Waals surface area contributed by atoms with E-state index in [2.05, 4.69) is 0 Å². The number of carbonyl (C=O) groups excluding carboxylic acids is 1. The van der Waals surface area contributed by atoms with E-state index in [1.165, 1.54) is 5.56 Å². The van der Waals surface area contributed by atoms with Gasteiger partial charge in [0.1, 0.15) is 5.75 Å². The van der Waals surface area contributed by atoms with E-state index in [0.29, 0.717) is 32.0 Å². The van der Waals surface area contributed by atoms with Crippen LogP contribution in [0.1, 0.15) is 32.8 Å². The maximum absolute atomic E-state index is 10.3. The Kier molecular flexibility index (Phi) is 8.99. The Hall–Kier alpha value is -1.21. The van der Waals surface area contributed by atoms with Gasteiger partial charge in [-0.3, -0.25) is 4.79 Å². The molecule has 124 valence electrons. The fraction of sp³-hybridized carbons (Fsp3) is 0.562. The van der Waals surface area contributed by atoms with Crippen molar-refractivity contribution in [1.29, 1.82) is 0 Å². The Morgan fingerprint density at radius 2 is 1.50 bits per heavy atom. The van der Waals surface area contributed by atoms with E-state index in [-0.39, 0.29) is 0 Å². The van der Waals surface area contributed by atoms with Crippen LogP contribution in [0.3, 0.4) is 0 Å². The number of ether oxygens (including phenoxy) is 1. The number of hydrogen-bond donors (Lipinski definition) is 0. The fourth-order valence-electron chi connectivity index (χ4n) is 2.30. The third kappa shape index (κ3) is 6.27. The summed E-state index contributed by atoms with van der Waals surface area (Å²) in [6.45, 7) is 8.13. The van der Waals surface area contributed by atoms with Gasteiger partial charge >= 0.3 is 8.80 Å². The molecule has 0 bridgehead atoms. The van der Waals surface area contributed by atoms with Crippen LogP contribution in [0.4, 0.5) is 0 Å². The van der Waals surface area contributed by atoms with Crippen molar-refractivity contribution >= 4 is 15.3 Å². The molecule has 6 heteroatoms. The summed E-state index contributed by atoms with van der Waals surface area (Å²) in [6, 6.07) is 8.31. The first-order valence-corrected chi connectivity index (χ1v) is 9.74. The molecular weight excluding hydrogens is 300 g/mol. The molecule has 0 saturated heterocycles. The quantitative estimate of drug-likeness (QED) is 0.436. The molecule has 0 aliphatic carbocycles. The zero-order valence-electron chi connectivity index (χ0n) is 13.7. The highest BCUT2D eigenvalue weighted by Crippen LogP contribution is 2.20. The lowest BCUT2D eigenvalue weighted by Crippen LogP contribution is -2.46. The average Bonchev–Trinajstić information content (AvgIpc) is 2.50. The molecule has 0 saturated carbocycles. The highest BCUT2D eigenvalue weighted by atomic mass is 28.4. The smallest absolute Gasteiger partial charge is 0.429 e. The van der Waals surface area contributed by atoms with Crippen molar-refractivity contribution in [2.75, 3.05) is 19.8 Å². The molecule has 5 nitrogen and oxygen atoms in total. The summed E-state index contributed by atoms with van der Waals surface area (Å²) < 4.78 is 22.3. The monoisotopic (exact) mass is 326 g/mol. The molecule has 0 N–H and O–H groups in total. The van der Waals surface area contributed by atoms with E-state index in [1.807, 2.05) is 32.9 Å². The van der Waals surface area contributed by atoms with E-state index in [0.717, 1.165) is 18.9 Å². The molecule has 0 fully saturated rings. The Morgan fingerprint density at radius 1 is 0.955 bits per heavy atom. The van der Waals surface area contributed by atoms with Gasteiger partial charge in [0.05, 0.1) is 0 Å². The third-order valence-corrected chi connectivity index (χ3v) is 6.30. The zero-order chi connectivity index (χ0) is 16.3. The van der Waals surface area contributed by atoms with Crippen LogP contribution >= 0.6 is 0 Å². The number of aryl methyl sites for hydroxylation is 1. The minimum Gasteiger partial charge on any atom is -0.429 e. The number of carbonyl (C=O) groups is 1. The maximum Gasteiger partial charge on any atom is 0.500 e. The second-order valence-corrected chi connectivity index (χ2v) is 7.43. The summed E-state index contributed by atoms with van der Waals surface area (Å²) in [7, 11) is -2.54. The second kappa shape index (κ2) is 10.5. The SMILES string of the molecule is CCO[Si](CCCc1ccc(OC=O)cc1)(OCC)OCC. The van der Waals surface area contributed by atoms with Crippen LogP contribution in [0.5, 0.6) is 5.75 Å². The molecule has 22 heavy (non-hydrogen) atoms. The van der Waals surface area contributed by atoms with E-state index in [9.17, 15) is 4.79 Å². The predicted molar refractivity (Wildman–Crippen MR) is 86.9 cm³/mol. The van der Waals surface area contributed by atoms with Crippen LogP contribution in [0, 0.1) is 0 Å².